The van der Waals surface area contributed by atoms with Crippen molar-refractivity contribution in [3.05, 3.63) is 23.0 Å². The third-order valence-corrected chi connectivity index (χ3v) is 3.05. The largest absolute Gasteiger partial charge is 0.504 e. The molecule has 0 spiro atoms. The Hall–Kier alpha value is -1.05. The van der Waals surface area contributed by atoms with Crippen LogP contribution in [0, 0.1) is 16.7 Å². The van der Waals surface area contributed by atoms with Gasteiger partial charge >= 0.3 is 0 Å². The van der Waals surface area contributed by atoms with E-state index in [-0.39, 0.29) is 28.3 Å². The van der Waals surface area contributed by atoms with Crippen LogP contribution < -0.4 is 0 Å². The van der Waals surface area contributed by atoms with Gasteiger partial charge in [0.2, 0.25) is 5.78 Å². The molecule has 1 rings (SSSR count). The fourth-order valence-corrected chi connectivity index (χ4v) is 2.55. The minimum atomic E-state index is -0.197. The summed E-state index contributed by atoms with van der Waals surface area (Å²) in [6, 6.07) is 0. The van der Waals surface area contributed by atoms with Gasteiger partial charge in [0.1, 0.15) is 0 Å². The summed E-state index contributed by atoms with van der Waals surface area (Å²) in [4.78, 5) is 12.1. The van der Waals surface area contributed by atoms with Crippen molar-refractivity contribution < 1.29 is 9.90 Å². The number of hydrogen-bond donors (Lipinski definition) is 1. The summed E-state index contributed by atoms with van der Waals surface area (Å²) in [5.74, 6) is -0.230. The Labute approximate surface area is 104 Å². The van der Waals surface area contributed by atoms with Crippen molar-refractivity contribution in [2.45, 2.75) is 48.5 Å². The second-order valence-corrected chi connectivity index (χ2v) is 7.13. The van der Waals surface area contributed by atoms with Crippen molar-refractivity contribution in [1.29, 1.82) is 0 Å². The van der Waals surface area contributed by atoms with Crippen molar-refractivity contribution in [1.82, 2.24) is 0 Å². The van der Waals surface area contributed by atoms with Crippen LogP contribution in [0.15, 0.2) is 23.0 Å². The van der Waals surface area contributed by atoms with Crippen molar-refractivity contribution in [2.75, 3.05) is 0 Å². The van der Waals surface area contributed by atoms with Crippen LogP contribution in [0.2, 0.25) is 0 Å². The first-order chi connectivity index (χ1) is 7.45. The fourth-order valence-electron chi connectivity index (χ4n) is 2.55. The monoisotopic (exact) mass is 236 g/mol. The normalized spacial score (nSPS) is 25.0. The molecule has 0 fully saturated rings. The molecular weight excluding hydrogens is 212 g/mol. The van der Waals surface area contributed by atoms with Gasteiger partial charge in [0.05, 0.1) is 0 Å². The predicted octanol–water partition coefficient (Wildman–Crippen LogP) is 4.04. The third-order valence-electron chi connectivity index (χ3n) is 3.05. The molecule has 0 aliphatic heterocycles. The predicted molar refractivity (Wildman–Crippen MR) is 70.8 cm³/mol. The Balaban J connectivity index is 3.33. The lowest BCUT2D eigenvalue weighted by Crippen LogP contribution is -2.23. The van der Waals surface area contributed by atoms with Crippen LogP contribution in [0.3, 0.4) is 0 Å². The van der Waals surface area contributed by atoms with Gasteiger partial charge in [0.25, 0.3) is 0 Å². The Kier molecular flexibility index (Phi) is 3.30. The molecule has 0 aromatic heterocycles. The van der Waals surface area contributed by atoms with E-state index in [1.54, 1.807) is 0 Å². The average molecular weight is 236 g/mol. The zero-order chi connectivity index (χ0) is 13.6. The summed E-state index contributed by atoms with van der Waals surface area (Å²) < 4.78 is 0. The summed E-state index contributed by atoms with van der Waals surface area (Å²) in [7, 11) is 0. The summed E-state index contributed by atoms with van der Waals surface area (Å²) in [6.45, 7) is 14.4. The number of rotatable bonds is 0. The topological polar surface area (TPSA) is 37.3 Å². The Bertz CT molecular complexity index is 398. The van der Waals surface area contributed by atoms with Gasteiger partial charge in [0.15, 0.2) is 5.76 Å². The summed E-state index contributed by atoms with van der Waals surface area (Å²) in [5, 5.41) is 9.86. The van der Waals surface area contributed by atoms with E-state index in [4.69, 9.17) is 0 Å². The van der Waals surface area contributed by atoms with Gasteiger partial charge in [-0.05, 0) is 23.3 Å². The number of aliphatic hydroxyl groups is 1. The molecule has 0 aromatic carbocycles. The smallest absolute Gasteiger partial charge is 0.223 e. The highest BCUT2D eigenvalue weighted by atomic mass is 16.3. The first-order valence-electron chi connectivity index (χ1n) is 6.12. The Morgan fingerprint density at radius 2 is 1.59 bits per heavy atom. The van der Waals surface area contributed by atoms with Gasteiger partial charge in [-0.2, -0.15) is 0 Å². The number of hydrogen-bond acceptors (Lipinski definition) is 2. The second-order valence-electron chi connectivity index (χ2n) is 7.13. The zero-order valence-electron chi connectivity index (χ0n) is 12.0. The van der Waals surface area contributed by atoms with E-state index in [0.29, 0.717) is 0 Å². The highest BCUT2D eigenvalue weighted by molar-refractivity contribution is 6.10. The van der Waals surface area contributed by atoms with E-state index >= 15 is 0 Å². The average Bonchev–Trinajstić information content (AvgIpc) is 2.27. The van der Waals surface area contributed by atoms with Gasteiger partial charge in [-0.15, -0.1) is 0 Å². The standard InChI is InChI=1S/C15H24O2/c1-9-11(15(5,6)7)10(8-14(2,3)4)13(17)12(9)16/h8,11,16H,1-7H3/b10-8-. The number of carbonyl (C=O) groups excluding carboxylic acids is 1. The van der Waals surface area contributed by atoms with Crippen LogP contribution in [-0.4, -0.2) is 10.9 Å². The van der Waals surface area contributed by atoms with Crippen LogP contribution in [0.5, 0.6) is 0 Å². The minimum Gasteiger partial charge on any atom is -0.504 e. The van der Waals surface area contributed by atoms with E-state index in [9.17, 15) is 9.90 Å². The molecule has 2 nitrogen and oxygen atoms in total. The summed E-state index contributed by atoms with van der Waals surface area (Å²) in [5.41, 5.74) is 1.44. The first-order valence-corrected chi connectivity index (χ1v) is 6.12. The van der Waals surface area contributed by atoms with Gasteiger partial charge < -0.3 is 5.11 Å². The maximum Gasteiger partial charge on any atom is 0.223 e. The number of aliphatic hydroxyl groups excluding tert-OH is 1. The molecule has 0 radical (unpaired) electrons. The quantitative estimate of drug-likeness (QED) is 0.645. The van der Waals surface area contributed by atoms with E-state index in [1.165, 1.54) is 0 Å². The molecule has 17 heavy (non-hydrogen) atoms. The first kappa shape index (κ1) is 14.0. The number of allylic oxidation sites excluding steroid dienone is 3. The molecule has 1 aliphatic rings. The SMILES string of the molecule is CC1=C(O)C(=O)/C(=C\C(C)(C)C)C1C(C)(C)C. The summed E-state index contributed by atoms with van der Waals surface area (Å²) in [6.07, 6.45) is 2.00. The molecule has 0 saturated carbocycles. The van der Waals surface area contributed by atoms with Crippen LogP contribution in [0.25, 0.3) is 0 Å². The lowest BCUT2D eigenvalue weighted by Gasteiger charge is -2.30. The molecule has 96 valence electrons. The lowest BCUT2D eigenvalue weighted by molar-refractivity contribution is -0.114. The number of carbonyl (C=O) groups is 1. The van der Waals surface area contributed by atoms with Crippen LogP contribution in [0.4, 0.5) is 0 Å². The molecule has 0 heterocycles. The highest BCUT2D eigenvalue weighted by Crippen LogP contribution is 2.45. The lowest BCUT2D eigenvalue weighted by atomic mass is 9.73. The highest BCUT2D eigenvalue weighted by Gasteiger charge is 2.41. The molecule has 1 unspecified atom stereocenters. The third kappa shape index (κ3) is 2.80. The fraction of sp³-hybridized carbons (Fsp3) is 0.667. The Morgan fingerprint density at radius 3 is 1.94 bits per heavy atom. The van der Waals surface area contributed by atoms with E-state index in [1.807, 2.05) is 13.0 Å². The maximum absolute atomic E-state index is 12.1. The van der Waals surface area contributed by atoms with Gasteiger partial charge in [-0.25, -0.2) is 0 Å². The molecule has 0 bridgehead atoms. The number of Topliss-reactive ketones (excluding diaryl/α,β-unsaturated/α-hetero) is 1. The van der Waals surface area contributed by atoms with Crippen LogP contribution in [0.1, 0.15) is 48.5 Å². The Morgan fingerprint density at radius 1 is 1.12 bits per heavy atom. The van der Waals surface area contributed by atoms with Gasteiger partial charge in [-0.1, -0.05) is 47.6 Å². The van der Waals surface area contributed by atoms with E-state index < -0.39 is 0 Å². The van der Waals surface area contributed by atoms with E-state index in [0.717, 1.165) is 11.1 Å². The van der Waals surface area contributed by atoms with Crippen molar-refractivity contribution in [3.63, 3.8) is 0 Å². The molecule has 1 aliphatic carbocycles. The van der Waals surface area contributed by atoms with Crippen molar-refractivity contribution >= 4 is 5.78 Å². The van der Waals surface area contributed by atoms with Crippen molar-refractivity contribution in [3.8, 4) is 0 Å². The van der Waals surface area contributed by atoms with E-state index in [2.05, 4.69) is 41.5 Å². The van der Waals surface area contributed by atoms with Gasteiger partial charge in [0, 0.05) is 11.5 Å². The second kappa shape index (κ2) is 4.01. The van der Waals surface area contributed by atoms with Gasteiger partial charge in [-0.3, -0.25) is 4.79 Å². The summed E-state index contributed by atoms with van der Waals surface area (Å²) >= 11 is 0. The molecule has 0 amide bonds. The van der Waals surface area contributed by atoms with Crippen LogP contribution in [-0.2, 0) is 4.79 Å². The molecule has 0 aromatic rings. The molecule has 1 atom stereocenters. The molecule has 1 N–H and O–H groups in total. The molecule has 2 heteroatoms. The van der Waals surface area contributed by atoms with Crippen molar-refractivity contribution in [2.24, 2.45) is 16.7 Å². The minimum absolute atomic E-state index is 0.0224. The maximum atomic E-state index is 12.1. The molecular formula is C15H24O2. The van der Waals surface area contributed by atoms with Crippen LogP contribution >= 0.6 is 0 Å². The molecule has 0 saturated heterocycles. The number of ketones is 1. The zero-order valence-corrected chi connectivity index (χ0v) is 12.0.